The molecule has 0 spiro atoms. The zero-order valence-electron chi connectivity index (χ0n) is 13.0. The highest BCUT2D eigenvalue weighted by molar-refractivity contribution is 5.72. The lowest BCUT2D eigenvalue weighted by molar-refractivity contribution is 0.713. The molecule has 2 aromatic carbocycles. The Morgan fingerprint density at radius 3 is 2.42 bits per heavy atom. The minimum atomic E-state index is -0.163. The Balaban J connectivity index is 1.68. The van der Waals surface area contributed by atoms with Crippen molar-refractivity contribution >= 4 is 11.2 Å². The normalized spacial score (nSPS) is 11.0. The lowest BCUT2D eigenvalue weighted by Crippen LogP contribution is -2.14. The van der Waals surface area contributed by atoms with Crippen molar-refractivity contribution in [2.24, 2.45) is 0 Å². The molecule has 4 rings (SSSR count). The first-order chi connectivity index (χ1) is 11.8. The first-order valence-corrected chi connectivity index (χ1v) is 7.86. The van der Waals surface area contributed by atoms with E-state index in [0.29, 0.717) is 23.5 Å². The van der Waals surface area contributed by atoms with E-state index in [0.717, 1.165) is 12.0 Å². The number of benzene rings is 2. The fraction of sp³-hybridized carbons (Fsp3) is 0.105. The van der Waals surface area contributed by atoms with Gasteiger partial charge < -0.3 is 9.55 Å². The van der Waals surface area contributed by atoms with Crippen LogP contribution in [0.25, 0.3) is 22.6 Å². The summed E-state index contributed by atoms with van der Waals surface area (Å²) in [5, 5.41) is 0. The fourth-order valence-electron chi connectivity index (χ4n) is 2.78. The number of aryl methyl sites for hydroxylation is 2. The molecule has 0 aliphatic carbocycles. The average Bonchev–Trinajstić information content (AvgIpc) is 3.05. The minimum absolute atomic E-state index is 0.163. The molecule has 0 atom stereocenters. The van der Waals surface area contributed by atoms with Crippen LogP contribution >= 0.6 is 0 Å². The molecule has 2 aromatic heterocycles. The Morgan fingerprint density at radius 2 is 1.67 bits per heavy atom. The van der Waals surface area contributed by atoms with Gasteiger partial charge in [-0.15, -0.1) is 0 Å². The van der Waals surface area contributed by atoms with Gasteiger partial charge in [-0.2, -0.15) is 0 Å². The topological polar surface area (TPSA) is 63.6 Å². The van der Waals surface area contributed by atoms with Crippen molar-refractivity contribution in [3.05, 3.63) is 82.9 Å². The Labute approximate surface area is 138 Å². The van der Waals surface area contributed by atoms with Gasteiger partial charge in [0.05, 0.1) is 6.33 Å². The van der Waals surface area contributed by atoms with Gasteiger partial charge in [-0.3, -0.25) is 4.79 Å². The molecule has 0 bridgehead atoms. The maximum atomic E-state index is 12.5. The molecule has 0 radical (unpaired) electrons. The van der Waals surface area contributed by atoms with Crippen molar-refractivity contribution in [3.63, 3.8) is 0 Å². The highest BCUT2D eigenvalue weighted by Gasteiger charge is 2.11. The van der Waals surface area contributed by atoms with E-state index in [9.17, 15) is 4.79 Å². The van der Waals surface area contributed by atoms with Crippen LogP contribution in [0.2, 0.25) is 0 Å². The van der Waals surface area contributed by atoms with Crippen molar-refractivity contribution < 1.29 is 0 Å². The smallest absolute Gasteiger partial charge is 0.277 e. The molecule has 0 aliphatic heterocycles. The van der Waals surface area contributed by atoms with E-state index in [4.69, 9.17) is 0 Å². The predicted octanol–water partition coefficient (Wildman–Crippen LogP) is 3.03. The van der Waals surface area contributed by atoms with Gasteiger partial charge in [-0.05, 0) is 12.0 Å². The van der Waals surface area contributed by atoms with E-state index in [1.165, 1.54) is 5.56 Å². The van der Waals surface area contributed by atoms with Crippen LogP contribution in [0.1, 0.15) is 5.56 Å². The molecule has 0 saturated heterocycles. The van der Waals surface area contributed by atoms with Crippen molar-refractivity contribution in [2.45, 2.75) is 13.0 Å². The van der Waals surface area contributed by atoms with Gasteiger partial charge in [0.25, 0.3) is 5.56 Å². The summed E-state index contributed by atoms with van der Waals surface area (Å²) < 4.78 is 1.86. The number of nitrogens with zero attached hydrogens (tertiary/aromatic N) is 3. The molecule has 24 heavy (non-hydrogen) atoms. The predicted molar refractivity (Wildman–Crippen MR) is 93.7 cm³/mol. The Kier molecular flexibility index (Phi) is 3.67. The average molecular weight is 316 g/mol. The number of hydrogen-bond donors (Lipinski definition) is 1. The van der Waals surface area contributed by atoms with Gasteiger partial charge in [0.2, 0.25) is 0 Å². The van der Waals surface area contributed by atoms with Crippen LogP contribution in [0.4, 0.5) is 0 Å². The van der Waals surface area contributed by atoms with E-state index in [-0.39, 0.29) is 5.56 Å². The van der Waals surface area contributed by atoms with Crippen molar-refractivity contribution in [1.29, 1.82) is 0 Å². The lowest BCUT2D eigenvalue weighted by atomic mass is 10.1. The third kappa shape index (κ3) is 2.72. The molecular formula is C19H16N4O. The summed E-state index contributed by atoms with van der Waals surface area (Å²) in [6, 6.07) is 19.8. The van der Waals surface area contributed by atoms with E-state index < -0.39 is 0 Å². The molecule has 0 unspecified atom stereocenters. The van der Waals surface area contributed by atoms with Crippen molar-refractivity contribution in [1.82, 2.24) is 19.5 Å². The van der Waals surface area contributed by atoms with Gasteiger partial charge >= 0.3 is 0 Å². The summed E-state index contributed by atoms with van der Waals surface area (Å²) in [6.45, 7) is 0.690. The molecule has 0 aliphatic rings. The van der Waals surface area contributed by atoms with Gasteiger partial charge in [0.1, 0.15) is 5.82 Å². The summed E-state index contributed by atoms with van der Waals surface area (Å²) >= 11 is 0. The van der Waals surface area contributed by atoms with E-state index in [1.807, 2.05) is 53.1 Å². The van der Waals surface area contributed by atoms with Crippen LogP contribution in [0.5, 0.6) is 0 Å². The van der Waals surface area contributed by atoms with Crippen LogP contribution in [0, 0.1) is 0 Å². The molecule has 0 amide bonds. The molecule has 118 valence electrons. The van der Waals surface area contributed by atoms with Crippen LogP contribution in [-0.2, 0) is 13.0 Å². The monoisotopic (exact) mass is 316 g/mol. The molecule has 5 nitrogen and oxygen atoms in total. The van der Waals surface area contributed by atoms with Crippen LogP contribution in [0.15, 0.2) is 71.8 Å². The number of rotatable bonds is 4. The first-order valence-electron chi connectivity index (χ1n) is 7.86. The summed E-state index contributed by atoms with van der Waals surface area (Å²) in [6.07, 6.45) is 2.52. The van der Waals surface area contributed by atoms with Crippen molar-refractivity contribution in [2.75, 3.05) is 0 Å². The van der Waals surface area contributed by atoms with Crippen LogP contribution in [-0.4, -0.2) is 19.5 Å². The van der Waals surface area contributed by atoms with Gasteiger partial charge in [0.15, 0.2) is 11.2 Å². The van der Waals surface area contributed by atoms with Crippen molar-refractivity contribution in [3.8, 4) is 11.4 Å². The highest BCUT2D eigenvalue weighted by atomic mass is 16.1. The maximum absolute atomic E-state index is 12.5. The van der Waals surface area contributed by atoms with Gasteiger partial charge in [0, 0.05) is 12.1 Å². The van der Waals surface area contributed by atoms with Gasteiger partial charge in [-0.25, -0.2) is 9.97 Å². The number of imidazole rings is 1. The molecule has 0 fully saturated rings. The highest BCUT2D eigenvalue weighted by Crippen LogP contribution is 2.15. The minimum Gasteiger partial charge on any atom is -0.324 e. The molecule has 1 N–H and O–H groups in total. The summed E-state index contributed by atoms with van der Waals surface area (Å²) in [5.74, 6) is 0.543. The Hall–Kier alpha value is -3.21. The second-order valence-electron chi connectivity index (χ2n) is 5.63. The summed E-state index contributed by atoms with van der Waals surface area (Å²) in [5.41, 5.74) is 2.93. The number of H-pyrrole nitrogens is 1. The number of hydrogen-bond acceptors (Lipinski definition) is 3. The molecule has 0 saturated carbocycles. The Morgan fingerprint density at radius 1 is 0.958 bits per heavy atom. The first kappa shape index (κ1) is 14.4. The lowest BCUT2D eigenvalue weighted by Gasteiger charge is -2.05. The third-order valence-electron chi connectivity index (χ3n) is 4.01. The molecule has 4 aromatic rings. The zero-order valence-corrected chi connectivity index (χ0v) is 13.0. The largest absolute Gasteiger partial charge is 0.324 e. The maximum Gasteiger partial charge on any atom is 0.277 e. The molecular weight excluding hydrogens is 300 g/mol. The van der Waals surface area contributed by atoms with E-state index in [1.54, 1.807) is 6.33 Å². The second kappa shape index (κ2) is 6.12. The number of aromatic amines is 1. The van der Waals surface area contributed by atoms with Gasteiger partial charge in [-0.1, -0.05) is 60.7 Å². The SMILES string of the molecule is O=c1[nH]c(-c2ccccc2)nc2ncn(CCc3ccccc3)c12. The molecule has 5 heteroatoms. The number of aromatic nitrogens is 4. The van der Waals surface area contributed by atoms with Crippen LogP contribution < -0.4 is 5.56 Å². The standard InChI is InChI=1S/C19H16N4O/c24-19-16-18(21-17(22-19)15-9-5-2-6-10-15)20-13-23(16)12-11-14-7-3-1-4-8-14/h1-10,13H,11-12H2,(H,21,22,24). The fourth-order valence-corrected chi connectivity index (χ4v) is 2.78. The Bertz CT molecular complexity index is 1020. The van der Waals surface area contributed by atoms with E-state index in [2.05, 4.69) is 27.1 Å². The number of nitrogens with one attached hydrogen (secondary N) is 1. The number of fused-ring (bicyclic) bond motifs is 1. The van der Waals surface area contributed by atoms with E-state index >= 15 is 0 Å². The quantitative estimate of drug-likeness (QED) is 0.629. The van der Waals surface area contributed by atoms with Crippen LogP contribution in [0.3, 0.4) is 0 Å². The zero-order chi connectivity index (χ0) is 16.4. The summed E-state index contributed by atoms with van der Waals surface area (Å²) in [7, 11) is 0. The second-order valence-corrected chi connectivity index (χ2v) is 5.63. The third-order valence-corrected chi connectivity index (χ3v) is 4.01. The summed E-state index contributed by atoms with van der Waals surface area (Å²) in [4.78, 5) is 24.2. The molecule has 2 heterocycles.